The summed E-state index contributed by atoms with van der Waals surface area (Å²) < 4.78 is 16.5. The van der Waals surface area contributed by atoms with E-state index in [0.717, 1.165) is 46.6 Å². The van der Waals surface area contributed by atoms with Crippen molar-refractivity contribution in [1.82, 2.24) is 10.3 Å². The van der Waals surface area contributed by atoms with Crippen LogP contribution < -0.4 is 19.5 Å². The van der Waals surface area contributed by atoms with Gasteiger partial charge in [0.2, 0.25) is 6.79 Å². The molecule has 1 aliphatic heterocycles. The molecule has 4 rings (SSSR count). The molecule has 0 saturated carbocycles. The molecule has 6 heteroatoms. The Morgan fingerprint density at radius 2 is 1.89 bits per heavy atom. The molecule has 0 spiro atoms. The Labute approximate surface area is 162 Å². The predicted molar refractivity (Wildman–Crippen MR) is 106 cm³/mol. The fourth-order valence-corrected chi connectivity index (χ4v) is 3.66. The Morgan fingerprint density at radius 1 is 1.07 bits per heavy atom. The maximum Gasteiger partial charge on any atom is 0.231 e. The van der Waals surface area contributed by atoms with Crippen molar-refractivity contribution in [3.63, 3.8) is 0 Å². The Morgan fingerprint density at radius 3 is 2.70 bits per heavy atom. The van der Waals surface area contributed by atoms with Crippen molar-refractivity contribution in [2.45, 2.75) is 33.0 Å². The molecule has 0 saturated heterocycles. The highest BCUT2D eigenvalue weighted by atomic mass is 32.1. The maximum atomic E-state index is 5.67. The maximum absolute atomic E-state index is 5.67. The third-order valence-corrected chi connectivity index (χ3v) is 5.04. The lowest BCUT2D eigenvalue weighted by Crippen LogP contribution is -2.13. The van der Waals surface area contributed by atoms with Gasteiger partial charge in [-0.2, -0.15) is 0 Å². The van der Waals surface area contributed by atoms with Gasteiger partial charge in [0.15, 0.2) is 11.5 Å². The van der Waals surface area contributed by atoms with Crippen molar-refractivity contribution in [3.05, 3.63) is 59.1 Å². The number of hydrogen-bond donors (Lipinski definition) is 1. The van der Waals surface area contributed by atoms with Crippen molar-refractivity contribution in [3.8, 4) is 27.8 Å². The van der Waals surface area contributed by atoms with E-state index in [1.54, 1.807) is 11.3 Å². The second kappa shape index (κ2) is 7.98. The fourth-order valence-electron chi connectivity index (χ4n) is 2.84. The highest BCUT2D eigenvalue weighted by molar-refractivity contribution is 7.13. The molecule has 0 amide bonds. The molecule has 0 radical (unpaired) electrons. The van der Waals surface area contributed by atoms with Gasteiger partial charge in [-0.25, -0.2) is 4.98 Å². The summed E-state index contributed by atoms with van der Waals surface area (Å²) in [6.45, 7) is 5.86. The van der Waals surface area contributed by atoms with Crippen LogP contribution in [0, 0.1) is 0 Å². The number of nitrogens with zero attached hydrogens (tertiary/aromatic N) is 1. The van der Waals surface area contributed by atoms with Gasteiger partial charge in [0, 0.05) is 24.0 Å². The molecular formula is C21H22N2O3S. The summed E-state index contributed by atoms with van der Waals surface area (Å²) in [5.41, 5.74) is 3.31. The van der Waals surface area contributed by atoms with E-state index in [1.807, 2.05) is 44.2 Å². The number of nitrogens with one attached hydrogen (secondary N) is 1. The number of fused-ring (bicyclic) bond motifs is 1. The van der Waals surface area contributed by atoms with Crippen LogP contribution in [0.25, 0.3) is 10.6 Å². The van der Waals surface area contributed by atoms with Crippen molar-refractivity contribution in [1.29, 1.82) is 0 Å². The molecule has 27 heavy (non-hydrogen) atoms. The Hall–Kier alpha value is -2.57. The van der Waals surface area contributed by atoms with Gasteiger partial charge in [0.05, 0.1) is 11.8 Å². The number of ether oxygens (including phenoxy) is 3. The monoisotopic (exact) mass is 382 g/mol. The lowest BCUT2D eigenvalue weighted by molar-refractivity contribution is 0.174. The molecule has 0 fully saturated rings. The van der Waals surface area contributed by atoms with Crippen LogP contribution >= 0.6 is 11.3 Å². The summed E-state index contributed by atoms with van der Waals surface area (Å²) in [4.78, 5) is 4.72. The molecule has 0 unspecified atom stereocenters. The van der Waals surface area contributed by atoms with Crippen LogP contribution in [-0.2, 0) is 13.1 Å². The van der Waals surface area contributed by atoms with Crippen molar-refractivity contribution >= 4 is 11.3 Å². The zero-order valence-electron chi connectivity index (χ0n) is 15.4. The van der Waals surface area contributed by atoms with Crippen molar-refractivity contribution < 1.29 is 14.2 Å². The van der Waals surface area contributed by atoms with E-state index in [4.69, 9.17) is 19.2 Å². The van der Waals surface area contributed by atoms with Gasteiger partial charge in [0.1, 0.15) is 10.8 Å². The third-order valence-electron chi connectivity index (χ3n) is 4.10. The van der Waals surface area contributed by atoms with Crippen LogP contribution in [0.1, 0.15) is 25.1 Å². The number of hydrogen-bond acceptors (Lipinski definition) is 6. The van der Waals surface area contributed by atoms with Gasteiger partial charge in [0.25, 0.3) is 0 Å². The summed E-state index contributed by atoms with van der Waals surface area (Å²) in [5.74, 6) is 2.48. The molecule has 3 aromatic rings. The van der Waals surface area contributed by atoms with E-state index in [-0.39, 0.29) is 12.9 Å². The zero-order valence-corrected chi connectivity index (χ0v) is 16.2. The molecule has 2 heterocycles. The smallest absolute Gasteiger partial charge is 0.231 e. The normalized spacial score (nSPS) is 12.6. The second-order valence-electron chi connectivity index (χ2n) is 6.63. The van der Waals surface area contributed by atoms with E-state index in [9.17, 15) is 0 Å². The van der Waals surface area contributed by atoms with Crippen molar-refractivity contribution in [2.24, 2.45) is 0 Å². The average Bonchev–Trinajstić information content (AvgIpc) is 3.31. The van der Waals surface area contributed by atoms with E-state index in [1.165, 1.54) is 5.56 Å². The summed E-state index contributed by atoms with van der Waals surface area (Å²) in [6.07, 6.45) is 0.192. The molecule has 1 N–H and O–H groups in total. The first-order valence-corrected chi connectivity index (χ1v) is 9.86. The molecular weight excluding hydrogens is 360 g/mol. The van der Waals surface area contributed by atoms with Gasteiger partial charge in [-0.3, -0.25) is 0 Å². The highest BCUT2D eigenvalue weighted by Crippen LogP contribution is 2.36. The van der Waals surface area contributed by atoms with Gasteiger partial charge in [-0.05, 0) is 49.7 Å². The zero-order chi connectivity index (χ0) is 18.6. The van der Waals surface area contributed by atoms with E-state index in [2.05, 4.69) is 22.8 Å². The van der Waals surface area contributed by atoms with Crippen LogP contribution in [0.15, 0.2) is 47.8 Å². The summed E-state index contributed by atoms with van der Waals surface area (Å²) in [7, 11) is 0. The first kappa shape index (κ1) is 17.8. The number of rotatable bonds is 7. The topological polar surface area (TPSA) is 52.6 Å². The minimum atomic E-state index is 0.192. The highest BCUT2D eigenvalue weighted by Gasteiger charge is 2.15. The fraction of sp³-hybridized carbons (Fsp3) is 0.286. The molecule has 0 bridgehead atoms. The molecule has 140 valence electrons. The molecule has 1 aliphatic rings. The van der Waals surface area contributed by atoms with E-state index < -0.39 is 0 Å². The predicted octanol–water partition coefficient (Wildman–Crippen LogP) is 4.62. The van der Waals surface area contributed by atoms with Crippen LogP contribution in [0.2, 0.25) is 0 Å². The van der Waals surface area contributed by atoms with Gasteiger partial charge < -0.3 is 19.5 Å². The first-order valence-electron chi connectivity index (χ1n) is 8.98. The Bertz CT molecular complexity index is 906. The molecule has 0 aliphatic carbocycles. The standard InChI is InChI=1S/C21H22N2O3S/c1-14(2)26-18-6-3-15(4-7-18)10-22-11-17-12-27-21(23-17)16-5-8-19-20(9-16)25-13-24-19/h3-9,12,14,22H,10-11,13H2,1-2H3. The van der Waals surface area contributed by atoms with Crippen LogP contribution in [0.3, 0.4) is 0 Å². The van der Waals surface area contributed by atoms with Crippen LogP contribution in [0.4, 0.5) is 0 Å². The average molecular weight is 382 g/mol. The molecule has 2 aromatic carbocycles. The summed E-state index contributed by atoms with van der Waals surface area (Å²) >= 11 is 1.64. The lowest BCUT2D eigenvalue weighted by Gasteiger charge is -2.10. The van der Waals surface area contributed by atoms with E-state index >= 15 is 0 Å². The number of aromatic nitrogens is 1. The first-order chi connectivity index (χ1) is 13.2. The minimum Gasteiger partial charge on any atom is -0.491 e. The molecule has 0 atom stereocenters. The minimum absolute atomic E-state index is 0.192. The number of thiazole rings is 1. The number of benzene rings is 2. The third kappa shape index (κ3) is 4.40. The van der Waals surface area contributed by atoms with Gasteiger partial charge in [-0.15, -0.1) is 11.3 Å². The van der Waals surface area contributed by atoms with Crippen LogP contribution in [-0.4, -0.2) is 17.9 Å². The van der Waals surface area contributed by atoms with Crippen LogP contribution in [0.5, 0.6) is 17.2 Å². The second-order valence-corrected chi connectivity index (χ2v) is 7.48. The lowest BCUT2D eigenvalue weighted by atomic mass is 10.2. The quantitative estimate of drug-likeness (QED) is 0.646. The van der Waals surface area contributed by atoms with Crippen molar-refractivity contribution in [2.75, 3.05) is 6.79 Å². The SMILES string of the molecule is CC(C)Oc1ccc(CNCc2csc(-c3ccc4c(c3)OCO4)n2)cc1. The largest absolute Gasteiger partial charge is 0.491 e. The van der Waals surface area contributed by atoms with Gasteiger partial charge in [-0.1, -0.05) is 12.1 Å². The Kier molecular flexibility index (Phi) is 5.27. The Balaban J connectivity index is 1.32. The summed E-state index contributed by atoms with van der Waals surface area (Å²) in [5, 5.41) is 6.52. The van der Waals surface area contributed by atoms with E-state index in [0.29, 0.717) is 0 Å². The molecule has 1 aromatic heterocycles. The van der Waals surface area contributed by atoms with Gasteiger partial charge >= 0.3 is 0 Å². The molecule has 5 nitrogen and oxygen atoms in total. The summed E-state index contributed by atoms with van der Waals surface area (Å²) in [6, 6.07) is 14.1.